The molecular weight excluding hydrogens is 356 g/mol. The largest absolute Gasteiger partial charge is 0.449 e. The van der Waals surface area contributed by atoms with Gasteiger partial charge in [0.15, 0.2) is 6.10 Å². The van der Waals surface area contributed by atoms with Crippen LogP contribution >= 0.6 is 0 Å². The van der Waals surface area contributed by atoms with Gasteiger partial charge in [0.05, 0.1) is 23.9 Å². The summed E-state index contributed by atoms with van der Waals surface area (Å²) in [5.74, 6) is -0.956. The van der Waals surface area contributed by atoms with Gasteiger partial charge in [-0.15, -0.1) is 0 Å². The molecule has 0 spiro atoms. The van der Waals surface area contributed by atoms with Crippen LogP contribution in [-0.2, 0) is 14.3 Å². The molecule has 0 saturated carbocycles. The van der Waals surface area contributed by atoms with E-state index in [2.05, 4.69) is 5.10 Å². The number of amides is 1. The Bertz CT molecular complexity index is 910. The van der Waals surface area contributed by atoms with Gasteiger partial charge in [-0.25, -0.2) is 9.48 Å². The maximum Gasteiger partial charge on any atom is 0.331 e. The summed E-state index contributed by atoms with van der Waals surface area (Å²) in [6.07, 6.45) is 2.25. The molecule has 7 heteroatoms. The third-order valence-electron chi connectivity index (χ3n) is 4.31. The van der Waals surface area contributed by atoms with Crippen molar-refractivity contribution in [3.05, 3.63) is 53.4 Å². The van der Waals surface area contributed by atoms with Crippen LogP contribution in [-0.4, -0.2) is 46.3 Å². The number of nitrogens with zero attached hydrogens (tertiary/aromatic N) is 4. The minimum atomic E-state index is -0.921. The zero-order valence-electron chi connectivity index (χ0n) is 16.5. The van der Waals surface area contributed by atoms with Crippen LogP contribution in [0.5, 0.6) is 0 Å². The second-order valence-corrected chi connectivity index (χ2v) is 6.41. The number of aromatic nitrogens is 2. The lowest BCUT2D eigenvalue weighted by Crippen LogP contribution is -2.37. The first-order valence-corrected chi connectivity index (χ1v) is 8.97. The third-order valence-corrected chi connectivity index (χ3v) is 4.31. The second kappa shape index (κ2) is 9.51. The summed E-state index contributed by atoms with van der Waals surface area (Å²) in [4.78, 5) is 25.6. The Morgan fingerprint density at radius 1 is 1.32 bits per heavy atom. The normalized spacial score (nSPS) is 11.8. The summed E-state index contributed by atoms with van der Waals surface area (Å²) in [6.45, 7) is 5.60. The highest BCUT2D eigenvalue weighted by Crippen LogP contribution is 2.19. The fraction of sp³-hybridized carbons (Fsp3) is 0.333. The molecule has 28 heavy (non-hydrogen) atoms. The minimum Gasteiger partial charge on any atom is -0.449 e. The zero-order chi connectivity index (χ0) is 20.7. The standard InChI is InChI=1S/C21H24N4O3/c1-15-19(16(2)25(23-15)18-9-6-5-7-10-18)11-12-20(26)28-17(3)21(27)24(4)14-8-13-22/h5-7,9-12,17H,8,14H2,1-4H3/b12-11+/t17-/m1/s1. The second-order valence-electron chi connectivity index (χ2n) is 6.41. The van der Waals surface area contributed by atoms with E-state index in [1.54, 1.807) is 13.1 Å². The first kappa shape index (κ1) is 20.9. The Hall–Kier alpha value is -3.40. The Labute approximate surface area is 164 Å². The number of ether oxygens (including phenoxy) is 1. The smallest absolute Gasteiger partial charge is 0.331 e. The number of aryl methyl sites for hydroxylation is 1. The maximum absolute atomic E-state index is 12.1. The molecule has 0 bridgehead atoms. The van der Waals surface area contributed by atoms with Crippen molar-refractivity contribution in [3.8, 4) is 11.8 Å². The van der Waals surface area contributed by atoms with Crippen LogP contribution in [0.3, 0.4) is 0 Å². The van der Waals surface area contributed by atoms with Crippen molar-refractivity contribution in [1.29, 1.82) is 5.26 Å². The number of hydrogen-bond acceptors (Lipinski definition) is 5. The van der Waals surface area contributed by atoms with Gasteiger partial charge < -0.3 is 9.64 Å². The predicted octanol–water partition coefficient (Wildman–Crippen LogP) is 2.81. The van der Waals surface area contributed by atoms with E-state index >= 15 is 0 Å². The Morgan fingerprint density at radius 3 is 2.64 bits per heavy atom. The van der Waals surface area contributed by atoms with E-state index in [1.807, 2.05) is 54.9 Å². The number of carbonyl (C=O) groups excluding carboxylic acids is 2. The van der Waals surface area contributed by atoms with Crippen molar-refractivity contribution < 1.29 is 14.3 Å². The van der Waals surface area contributed by atoms with E-state index in [9.17, 15) is 9.59 Å². The monoisotopic (exact) mass is 380 g/mol. The Morgan fingerprint density at radius 2 is 2.00 bits per heavy atom. The molecule has 0 N–H and O–H groups in total. The highest BCUT2D eigenvalue weighted by molar-refractivity contribution is 5.90. The van der Waals surface area contributed by atoms with Gasteiger partial charge in [0.25, 0.3) is 5.91 Å². The van der Waals surface area contributed by atoms with E-state index in [1.165, 1.54) is 17.9 Å². The van der Waals surface area contributed by atoms with Gasteiger partial charge in [0.1, 0.15) is 0 Å². The first-order valence-electron chi connectivity index (χ1n) is 8.97. The van der Waals surface area contributed by atoms with Crippen LogP contribution in [0.2, 0.25) is 0 Å². The summed E-state index contributed by atoms with van der Waals surface area (Å²) in [5.41, 5.74) is 3.44. The number of para-hydroxylation sites is 1. The molecule has 1 heterocycles. The Kier molecular flexibility index (Phi) is 7.10. The molecule has 0 aliphatic heterocycles. The molecule has 0 aliphatic carbocycles. The van der Waals surface area contributed by atoms with E-state index in [0.717, 1.165) is 22.6 Å². The molecule has 0 aliphatic rings. The fourth-order valence-corrected chi connectivity index (χ4v) is 2.77. The Balaban J connectivity index is 2.06. The van der Waals surface area contributed by atoms with Crippen molar-refractivity contribution >= 4 is 18.0 Å². The molecule has 146 valence electrons. The summed E-state index contributed by atoms with van der Waals surface area (Å²) in [6, 6.07) is 11.7. The minimum absolute atomic E-state index is 0.229. The van der Waals surface area contributed by atoms with Gasteiger partial charge >= 0.3 is 5.97 Å². The summed E-state index contributed by atoms with van der Waals surface area (Å²) in [7, 11) is 1.57. The summed E-state index contributed by atoms with van der Waals surface area (Å²) >= 11 is 0. The van der Waals surface area contributed by atoms with Gasteiger partial charge in [-0.05, 0) is 39.0 Å². The van der Waals surface area contributed by atoms with Gasteiger partial charge in [-0.2, -0.15) is 10.4 Å². The zero-order valence-corrected chi connectivity index (χ0v) is 16.5. The molecule has 0 unspecified atom stereocenters. The highest BCUT2D eigenvalue weighted by atomic mass is 16.5. The molecule has 1 amide bonds. The van der Waals surface area contributed by atoms with Crippen molar-refractivity contribution in [2.45, 2.75) is 33.3 Å². The van der Waals surface area contributed by atoms with Crippen LogP contribution in [0.4, 0.5) is 0 Å². The number of benzene rings is 1. The van der Waals surface area contributed by atoms with Crippen LogP contribution in [0.1, 0.15) is 30.3 Å². The van der Waals surface area contributed by atoms with Gasteiger partial charge in [0, 0.05) is 30.9 Å². The molecule has 0 fully saturated rings. The van der Waals surface area contributed by atoms with E-state index in [4.69, 9.17) is 10.00 Å². The molecule has 2 aromatic rings. The van der Waals surface area contributed by atoms with Crippen molar-refractivity contribution in [3.63, 3.8) is 0 Å². The van der Waals surface area contributed by atoms with Crippen LogP contribution < -0.4 is 0 Å². The van der Waals surface area contributed by atoms with Crippen LogP contribution in [0.25, 0.3) is 11.8 Å². The summed E-state index contributed by atoms with van der Waals surface area (Å²) < 4.78 is 7.00. The summed E-state index contributed by atoms with van der Waals surface area (Å²) in [5, 5.41) is 13.1. The molecule has 1 atom stereocenters. The number of hydrogen-bond donors (Lipinski definition) is 0. The van der Waals surface area contributed by atoms with Crippen LogP contribution in [0.15, 0.2) is 36.4 Å². The number of esters is 1. The number of rotatable bonds is 7. The van der Waals surface area contributed by atoms with Crippen molar-refractivity contribution in [2.75, 3.05) is 13.6 Å². The van der Waals surface area contributed by atoms with Crippen LogP contribution in [0, 0.1) is 25.2 Å². The fourth-order valence-electron chi connectivity index (χ4n) is 2.77. The molecule has 0 radical (unpaired) electrons. The topological polar surface area (TPSA) is 88.2 Å². The van der Waals surface area contributed by atoms with Crippen molar-refractivity contribution in [1.82, 2.24) is 14.7 Å². The lowest BCUT2D eigenvalue weighted by Gasteiger charge is -2.19. The quantitative estimate of drug-likeness (QED) is 0.544. The molecule has 0 saturated heterocycles. The van der Waals surface area contributed by atoms with Gasteiger partial charge in [-0.1, -0.05) is 18.2 Å². The van der Waals surface area contributed by atoms with Gasteiger partial charge in [0.2, 0.25) is 0 Å². The lowest BCUT2D eigenvalue weighted by molar-refractivity contribution is -0.154. The highest BCUT2D eigenvalue weighted by Gasteiger charge is 2.20. The third kappa shape index (κ3) is 5.07. The number of nitriles is 1. The number of carbonyl (C=O) groups is 2. The lowest BCUT2D eigenvalue weighted by atomic mass is 10.2. The van der Waals surface area contributed by atoms with Crippen molar-refractivity contribution in [2.24, 2.45) is 0 Å². The molecule has 7 nitrogen and oxygen atoms in total. The maximum atomic E-state index is 12.1. The molecule has 2 rings (SSSR count). The van der Waals surface area contributed by atoms with Gasteiger partial charge in [-0.3, -0.25) is 4.79 Å². The van der Waals surface area contributed by atoms with E-state index in [-0.39, 0.29) is 12.3 Å². The number of likely N-dealkylation sites (N-methyl/N-ethyl adjacent to an activating group) is 1. The molecule has 1 aromatic heterocycles. The predicted molar refractivity (Wildman–Crippen MR) is 105 cm³/mol. The SMILES string of the molecule is Cc1nn(-c2ccccc2)c(C)c1/C=C/C(=O)O[C@H](C)C(=O)N(C)CCC#N. The van der Waals surface area contributed by atoms with E-state index < -0.39 is 12.1 Å². The average Bonchev–Trinajstić information content (AvgIpc) is 2.98. The van der Waals surface area contributed by atoms with E-state index in [0.29, 0.717) is 6.54 Å². The molecular formula is C21H24N4O3. The first-order chi connectivity index (χ1) is 13.3. The average molecular weight is 380 g/mol. The molecule has 1 aromatic carbocycles.